The highest BCUT2D eigenvalue weighted by Crippen LogP contribution is 2.19. The Balaban J connectivity index is 1.84. The van der Waals surface area contributed by atoms with Crippen LogP contribution < -0.4 is 10.6 Å². The lowest BCUT2D eigenvalue weighted by atomic mass is 10.2. The SMILES string of the molecule is Cc1cccc(Nc2nc(Cl)nc(Nc3cccc(C)c3)n2)c1. The molecular weight excluding hydrogens is 310 g/mol. The summed E-state index contributed by atoms with van der Waals surface area (Å²) in [5.74, 6) is 0.788. The third-order valence-electron chi connectivity index (χ3n) is 3.16. The third kappa shape index (κ3) is 4.17. The van der Waals surface area contributed by atoms with Gasteiger partial charge in [-0.3, -0.25) is 0 Å². The molecule has 0 spiro atoms. The maximum absolute atomic E-state index is 6.00. The first-order valence-electron chi connectivity index (χ1n) is 7.17. The van der Waals surface area contributed by atoms with Crippen LogP contribution in [0.4, 0.5) is 23.3 Å². The van der Waals surface area contributed by atoms with Crippen LogP contribution in [0.15, 0.2) is 48.5 Å². The highest BCUT2D eigenvalue weighted by molar-refractivity contribution is 6.28. The van der Waals surface area contributed by atoms with Crippen LogP contribution in [0.2, 0.25) is 5.28 Å². The molecule has 0 saturated heterocycles. The van der Waals surface area contributed by atoms with Crippen molar-refractivity contribution in [1.82, 2.24) is 15.0 Å². The first kappa shape index (κ1) is 15.2. The number of aromatic nitrogens is 3. The number of benzene rings is 2. The predicted molar refractivity (Wildman–Crippen MR) is 93.8 cm³/mol. The quantitative estimate of drug-likeness (QED) is 0.732. The zero-order chi connectivity index (χ0) is 16.2. The van der Waals surface area contributed by atoms with Crippen LogP contribution >= 0.6 is 11.6 Å². The Bertz CT molecular complexity index is 769. The summed E-state index contributed by atoms with van der Waals surface area (Å²) in [7, 11) is 0. The number of hydrogen-bond donors (Lipinski definition) is 2. The molecule has 116 valence electrons. The number of nitrogens with one attached hydrogen (secondary N) is 2. The lowest BCUT2D eigenvalue weighted by Crippen LogP contribution is -2.04. The fourth-order valence-corrected chi connectivity index (χ4v) is 2.33. The van der Waals surface area contributed by atoms with Gasteiger partial charge in [0.15, 0.2) is 0 Å². The van der Waals surface area contributed by atoms with Crippen molar-refractivity contribution in [2.24, 2.45) is 0 Å². The highest BCUT2D eigenvalue weighted by Gasteiger charge is 2.06. The summed E-state index contributed by atoms with van der Waals surface area (Å²) in [4.78, 5) is 12.6. The number of halogens is 1. The van der Waals surface area contributed by atoms with Crippen molar-refractivity contribution in [3.8, 4) is 0 Å². The maximum Gasteiger partial charge on any atom is 0.233 e. The van der Waals surface area contributed by atoms with Gasteiger partial charge in [-0.15, -0.1) is 0 Å². The Hall–Kier alpha value is -2.66. The first-order chi connectivity index (χ1) is 11.1. The Labute approximate surface area is 139 Å². The van der Waals surface area contributed by atoms with Gasteiger partial charge in [-0.1, -0.05) is 24.3 Å². The van der Waals surface area contributed by atoms with E-state index >= 15 is 0 Å². The van der Waals surface area contributed by atoms with Crippen LogP contribution in [0.1, 0.15) is 11.1 Å². The number of nitrogens with zero attached hydrogens (tertiary/aromatic N) is 3. The van der Waals surface area contributed by atoms with Crippen LogP contribution in [0.5, 0.6) is 0 Å². The molecule has 0 bridgehead atoms. The van der Waals surface area contributed by atoms with Gasteiger partial charge in [0.05, 0.1) is 0 Å². The summed E-state index contributed by atoms with van der Waals surface area (Å²) in [5.41, 5.74) is 4.09. The van der Waals surface area contributed by atoms with Crippen molar-refractivity contribution < 1.29 is 0 Å². The molecule has 0 aliphatic carbocycles. The minimum Gasteiger partial charge on any atom is -0.324 e. The van der Waals surface area contributed by atoms with Crippen LogP contribution in [0.3, 0.4) is 0 Å². The smallest absolute Gasteiger partial charge is 0.233 e. The lowest BCUT2D eigenvalue weighted by molar-refractivity contribution is 1.06. The summed E-state index contributed by atoms with van der Waals surface area (Å²) in [6.07, 6.45) is 0. The topological polar surface area (TPSA) is 62.7 Å². The molecule has 0 aliphatic rings. The van der Waals surface area contributed by atoms with Gasteiger partial charge in [0.2, 0.25) is 17.2 Å². The highest BCUT2D eigenvalue weighted by atomic mass is 35.5. The molecule has 0 unspecified atom stereocenters. The van der Waals surface area contributed by atoms with Gasteiger partial charge in [0.25, 0.3) is 0 Å². The number of aryl methyl sites for hydroxylation is 2. The van der Waals surface area contributed by atoms with E-state index in [4.69, 9.17) is 11.6 Å². The van der Waals surface area contributed by atoms with Crippen LogP contribution in [-0.2, 0) is 0 Å². The fourth-order valence-electron chi connectivity index (χ4n) is 2.17. The van der Waals surface area contributed by atoms with E-state index in [-0.39, 0.29) is 5.28 Å². The predicted octanol–water partition coefficient (Wildman–Crippen LogP) is 4.63. The van der Waals surface area contributed by atoms with Crippen molar-refractivity contribution in [3.05, 3.63) is 64.9 Å². The minimum absolute atomic E-state index is 0.130. The second-order valence-electron chi connectivity index (χ2n) is 5.24. The summed E-state index contributed by atoms with van der Waals surface area (Å²) in [6, 6.07) is 15.9. The molecule has 0 atom stereocenters. The standard InChI is InChI=1S/C17H16ClN5/c1-11-5-3-7-13(9-11)19-16-21-15(18)22-17(23-16)20-14-8-4-6-12(2)10-14/h3-10H,1-2H3,(H2,19,20,21,22,23). The summed E-state index contributed by atoms with van der Waals surface area (Å²) in [6.45, 7) is 4.05. The second-order valence-corrected chi connectivity index (χ2v) is 5.58. The maximum atomic E-state index is 6.00. The lowest BCUT2D eigenvalue weighted by Gasteiger charge is -2.09. The second kappa shape index (κ2) is 6.62. The monoisotopic (exact) mass is 325 g/mol. The molecule has 1 aromatic heterocycles. The van der Waals surface area contributed by atoms with Crippen molar-refractivity contribution in [3.63, 3.8) is 0 Å². The van der Waals surface area contributed by atoms with Gasteiger partial charge in [-0.25, -0.2) is 0 Å². The number of rotatable bonds is 4. The van der Waals surface area contributed by atoms with E-state index in [0.29, 0.717) is 11.9 Å². The molecule has 2 aromatic carbocycles. The van der Waals surface area contributed by atoms with Gasteiger partial charge < -0.3 is 10.6 Å². The summed E-state index contributed by atoms with van der Waals surface area (Å²) in [5, 5.41) is 6.40. The van der Waals surface area contributed by atoms with Crippen molar-refractivity contribution in [2.75, 3.05) is 10.6 Å². The molecule has 2 N–H and O–H groups in total. The zero-order valence-electron chi connectivity index (χ0n) is 12.8. The third-order valence-corrected chi connectivity index (χ3v) is 3.33. The van der Waals surface area contributed by atoms with E-state index in [0.717, 1.165) is 22.5 Å². The normalized spacial score (nSPS) is 10.4. The summed E-state index contributed by atoms with van der Waals surface area (Å²) < 4.78 is 0. The number of hydrogen-bond acceptors (Lipinski definition) is 5. The van der Waals surface area contributed by atoms with E-state index in [2.05, 4.69) is 25.6 Å². The van der Waals surface area contributed by atoms with E-state index in [1.807, 2.05) is 62.4 Å². The molecule has 1 heterocycles. The Kier molecular flexibility index (Phi) is 4.39. The van der Waals surface area contributed by atoms with Crippen LogP contribution in [0.25, 0.3) is 0 Å². The molecule has 0 radical (unpaired) electrons. The summed E-state index contributed by atoms with van der Waals surface area (Å²) >= 11 is 6.00. The molecule has 0 fully saturated rings. The molecule has 5 nitrogen and oxygen atoms in total. The van der Waals surface area contributed by atoms with E-state index in [9.17, 15) is 0 Å². The largest absolute Gasteiger partial charge is 0.324 e. The first-order valence-corrected chi connectivity index (χ1v) is 7.55. The van der Waals surface area contributed by atoms with Crippen LogP contribution in [-0.4, -0.2) is 15.0 Å². The van der Waals surface area contributed by atoms with E-state index in [1.54, 1.807) is 0 Å². The fraction of sp³-hybridized carbons (Fsp3) is 0.118. The van der Waals surface area contributed by atoms with Gasteiger partial charge in [-0.2, -0.15) is 15.0 Å². The molecule has 23 heavy (non-hydrogen) atoms. The minimum atomic E-state index is 0.130. The van der Waals surface area contributed by atoms with Crippen molar-refractivity contribution in [1.29, 1.82) is 0 Å². The van der Waals surface area contributed by atoms with Gasteiger partial charge in [-0.05, 0) is 60.8 Å². The molecule has 3 aromatic rings. The molecular formula is C17H16ClN5. The van der Waals surface area contributed by atoms with E-state index < -0.39 is 0 Å². The Morgan fingerprint density at radius 1 is 0.739 bits per heavy atom. The Morgan fingerprint density at radius 2 is 1.22 bits per heavy atom. The van der Waals surface area contributed by atoms with Gasteiger partial charge >= 0.3 is 0 Å². The van der Waals surface area contributed by atoms with Crippen molar-refractivity contribution in [2.45, 2.75) is 13.8 Å². The average molecular weight is 326 g/mol. The molecule has 6 heteroatoms. The molecule has 0 amide bonds. The van der Waals surface area contributed by atoms with Gasteiger partial charge in [0, 0.05) is 11.4 Å². The van der Waals surface area contributed by atoms with Crippen molar-refractivity contribution >= 4 is 34.9 Å². The average Bonchev–Trinajstić information content (AvgIpc) is 2.46. The van der Waals surface area contributed by atoms with Gasteiger partial charge in [0.1, 0.15) is 0 Å². The van der Waals surface area contributed by atoms with E-state index in [1.165, 1.54) is 0 Å². The van der Waals surface area contributed by atoms with Crippen LogP contribution in [0, 0.1) is 13.8 Å². The number of anilines is 4. The molecule has 0 saturated carbocycles. The zero-order valence-corrected chi connectivity index (χ0v) is 13.6. The molecule has 0 aliphatic heterocycles. The molecule has 3 rings (SSSR count). The Morgan fingerprint density at radius 3 is 1.65 bits per heavy atom.